The highest BCUT2D eigenvalue weighted by Gasteiger charge is 2.41. The first-order valence-electron chi connectivity index (χ1n) is 6.68. The van der Waals surface area contributed by atoms with E-state index in [0.29, 0.717) is 11.5 Å². The number of hydrogen-bond donors (Lipinski definition) is 1. The second-order valence-electron chi connectivity index (χ2n) is 6.88. The van der Waals surface area contributed by atoms with Gasteiger partial charge in [-0.1, -0.05) is 27.2 Å². The van der Waals surface area contributed by atoms with Crippen molar-refractivity contribution < 1.29 is 0 Å². The maximum atomic E-state index is 3.53. The van der Waals surface area contributed by atoms with Crippen molar-refractivity contribution in [1.82, 2.24) is 5.32 Å². The molecular weight excluding hydrogens is 182 g/mol. The van der Waals surface area contributed by atoms with Gasteiger partial charge in [-0.25, -0.2) is 0 Å². The van der Waals surface area contributed by atoms with Gasteiger partial charge in [-0.15, -0.1) is 0 Å². The zero-order valence-electron chi connectivity index (χ0n) is 10.8. The molecule has 0 spiro atoms. The van der Waals surface area contributed by atoms with Crippen LogP contribution in [0, 0.1) is 23.2 Å². The Morgan fingerprint density at radius 2 is 1.93 bits per heavy atom. The molecule has 0 aromatic rings. The Bertz CT molecular complexity index is 216. The van der Waals surface area contributed by atoms with Gasteiger partial charge in [-0.05, 0) is 55.9 Å². The molecule has 2 saturated carbocycles. The van der Waals surface area contributed by atoms with E-state index in [4.69, 9.17) is 0 Å². The standard InChI is InChI=1S/C14H27N/c1-14(2,3)13(15-4)9-12-8-10-5-6-11(12)7-10/h10-13,15H,5-9H2,1-4H3. The van der Waals surface area contributed by atoms with Crippen molar-refractivity contribution in [2.24, 2.45) is 23.2 Å². The maximum absolute atomic E-state index is 3.53. The van der Waals surface area contributed by atoms with Crippen LogP contribution in [0.25, 0.3) is 0 Å². The molecule has 88 valence electrons. The van der Waals surface area contributed by atoms with Crippen molar-refractivity contribution >= 4 is 0 Å². The van der Waals surface area contributed by atoms with Gasteiger partial charge in [0.15, 0.2) is 0 Å². The molecule has 15 heavy (non-hydrogen) atoms. The highest BCUT2D eigenvalue weighted by molar-refractivity contribution is 4.93. The summed E-state index contributed by atoms with van der Waals surface area (Å²) in [6.07, 6.45) is 7.53. The van der Waals surface area contributed by atoms with Gasteiger partial charge >= 0.3 is 0 Å². The van der Waals surface area contributed by atoms with E-state index in [1.165, 1.54) is 25.7 Å². The maximum Gasteiger partial charge on any atom is 0.0115 e. The summed E-state index contributed by atoms with van der Waals surface area (Å²) in [7, 11) is 2.13. The van der Waals surface area contributed by atoms with Crippen LogP contribution < -0.4 is 5.32 Å². The molecule has 1 N–H and O–H groups in total. The predicted molar refractivity (Wildman–Crippen MR) is 65.9 cm³/mol. The summed E-state index contributed by atoms with van der Waals surface area (Å²) >= 11 is 0. The molecule has 0 heterocycles. The fourth-order valence-corrected chi connectivity index (χ4v) is 3.87. The van der Waals surface area contributed by atoms with Crippen LogP contribution in [0.1, 0.15) is 52.9 Å². The third-order valence-corrected chi connectivity index (χ3v) is 4.82. The minimum absolute atomic E-state index is 0.413. The zero-order chi connectivity index (χ0) is 11.1. The Labute approximate surface area is 95.0 Å². The molecular formula is C14H27N. The van der Waals surface area contributed by atoms with Crippen molar-refractivity contribution in [1.29, 1.82) is 0 Å². The Morgan fingerprint density at radius 1 is 1.20 bits per heavy atom. The lowest BCUT2D eigenvalue weighted by molar-refractivity contribution is 0.201. The monoisotopic (exact) mass is 209 g/mol. The molecule has 0 aromatic carbocycles. The first kappa shape index (κ1) is 11.4. The van der Waals surface area contributed by atoms with E-state index in [9.17, 15) is 0 Å². The highest BCUT2D eigenvalue weighted by Crippen LogP contribution is 2.50. The molecule has 2 bridgehead atoms. The van der Waals surface area contributed by atoms with Gasteiger partial charge in [0.05, 0.1) is 0 Å². The van der Waals surface area contributed by atoms with E-state index >= 15 is 0 Å². The minimum atomic E-state index is 0.413. The lowest BCUT2D eigenvalue weighted by Gasteiger charge is -2.34. The van der Waals surface area contributed by atoms with Gasteiger partial charge < -0.3 is 5.32 Å². The Hall–Kier alpha value is -0.0400. The van der Waals surface area contributed by atoms with Gasteiger partial charge in [-0.3, -0.25) is 0 Å². The normalized spacial score (nSPS) is 37.2. The minimum Gasteiger partial charge on any atom is -0.316 e. The summed E-state index contributed by atoms with van der Waals surface area (Å²) in [5.41, 5.74) is 0.413. The topological polar surface area (TPSA) is 12.0 Å². The first-order chi connectivity index (χ1) is 7.00. The SMILES string of the molecule is CNC(CC1CC2CCC1C2)C(C)(C)C. The largest absolute Gasteiger partial charge is 0.316 e. The summed E-state index contributed by atoms with van der Waals surface area (Å²) < 4.78 is 0. The fraction of sp³-hybridized carbons (Fsp3) is 1.00. The van der Waals surface area contributed by atoms with Crippen molar-refractivity contribution in [2.45, 2.75) is 58.9 Å². The van der Waals surface area contributed by atoms with Crippen LogP contribution in [0.5, 0.6) is 0 Å². The van der Waals surface area contributed by atoms with Crippen LogP contribution in [0.4, 0.5) is 0 Å². The number of hydrogen-bond acceptors (Lipinski definition) is 1. The van der Waals surface area contributed by atoms with E-state index in [1.807, 2.05) is 0 Å². The van der Waals surface area contributed by atoms with Gasteiger partial charge in [0.2, 0.25) is 0 Å². The van der Waals surface area contributed by atoms with E-state index in [1.54, 1.807) is 6.42 Å². The second kappa shape index (κ2) is 4.08. The summed E-state index contributed by atoms with van der Waals surface area (Å²) in [4.78, 5) is 0. The lowest BCUT2D eigenvalue weighted by Crippen LogP contribution is -2.40. The van der Waals surface area contributed by atoms with E-state index in [-0.39, 0.29) is 0 Å². The number of fused-ring (bicyclic) bond motifs is 2. The molecule has 1 heteroatoms. The molecule has 2 aliphatic carbocycles. The quantitative estimate of drug-likeness (QED) is 0.750. The van der Waals surface area contributed by atoms with Crippen LogP contribution in [0.2, 0.25) is 0 Å². The Balaban J connectivity index is 1.90. The third kappa shape index (κ3) is 2.38. The average molecular weight is 209 g/mol. The van der Waals surface area contributed by atoms with Crippen LogP contribution in [-0.4, -0.2) is 13.1 Å². The predicted octanol–water partition coefficient (Wildman–Crippen LogP) is 3.45. The average Bonchev–Trinajstić information content (AvgIpc) is 2.72. The van der Waals surface area contributed by atoms with E-state index in [0.717, 1.165) is 17.8 Å². The van der Waals surface area contributed by atoms with Crippen LogP contribution >= 0.6 is 0 Å². The van der Waals surface area contributed by atoms with Gasteiger partial charge in [-0.2, -0.15) is 0 Å². The molecule has 0 aromatic heterocycles. The van der Waals surface area contributed by atoms with Gasteiger partial charge in [0.1, 0.15) is 0 Å². The molecule has 4 atom stereocenters. The summed E-state index contributed by atoms with van der Waals surface area (Å²) in [6, 6.07) is 0.696. The van der Waals surface area contributed by atoms with Crippen molar-refractivity contribution in [2.75, 3.05) is 7.05 Å². The molecule has 0 aliphatic heterocycles. The second-order valence-corrected chi connectivity index (χ2v) is 6.88. The zero-order valence-corrected chi connectivity index (χ0v) is 10.8. The third-order valence-electron chi connectivity index (χ3n) is 4.82. The molecule has 2 aliphatic rings. The van der Waals surface area contributed by atoms with Crippen LogP contribution in [0.15, 0.2) is 0 Å². The molecule has 2 rings (SSSR count). The molecule has 0 amide bonds. The number of nitrogens with one attached hydrogen (secondary N) is 1. The molecule has 2 fully saturated rings. The molecule has 4 unspecified atom stereocenters. The Kier molecular flexibility index (Phi) is 3.12. The fourth-order valence-electron chi connectivity index (χ4n) is 3.87. The Morgan fingerprint density at radius 3 is 2.33 bits per heavy atom. The van der Waals surface area contributed by atoms with Gasteiger partial charge in [0.25, 0.3) is 0 Å². The summed E-state index contributed by atoms with van der Waals surface area (Å²) in [5.74, 6) is 3.20. The van der Waals surface area contributed by atoms with Crippen LogP contribution in [0.3, 0.4) is 0 Å². The lowest BCUT2D eigenvalue weighted by atomic mass is 9.77. The van der Waals surface area contributed by atoms with Gasteiger partial charge in [0, 0.05) is 6.04 Å². The van der Waals surface area contributed by atoms with E-state index < -0.39 is 0 Å². The summed E-state index contributed by atoms with van der Waals surface area (Å²) in [6.45, 7) is 7.09. The van der Waals surface area contributed by atoms with Crippen molar-refractivity contribution in [3.05, 3.63) is 0 Å². The number of rotatable bonds is 3. The summed E-state index contributed by atoms with van der Waals surface area (Å²) in [5, 5.41) is 3.53. The smallest absolute Gasteiger partial charge is 0.0115 e. The van der Waals surface area contributed by atoms with Crippen molar-refractivity contribution in [3.63, 3.8) is 0 Å². The van der Waals surface area contributed by atoms with Crippen molar-refractivity contribution in [3.8, 4) is 0 Å². The molecule has 1 nitrogen and oxygen atoms in total. The first-order valence-corrected chi connectivity index (χ1v) is 6.68. The van der Waals surface area contributed by atoms with E-state index in [2.05, 4.69) is 33.1 Å². The highest BCUT2D eigenvalue weighted by atomic mass is 14.9. The van der Waals surface area contributed by atoms with Crippen LogP contribution in [-0.2, 0) is 0 Å². The molecule has 0 saturated heterocycles. The molecule has 0 radical (unpaired) electrons.